The first kappa shape index (κ1) is 29.9. The lowest BCUT2D eigenvalue weighted by atomic mass is 9.77. The van der Waals surface area contributed by atoms with Crippen molar-refractivity contribution in [2.75, 3.05) is 25.0 Å². The molecule has 2 unspecified atom stereocenters. The van der Waals surface area contributed by atoms with E-state index in [0.717, 1.165) is 71.2 Å². The molecule has 3 atom stereocenters. The lowest BCUT2D eigenvalue weighted by Gasteiger charge is -2.37. The molecule has 7 heteroatoms. The molecule has 0 saturated carbocycles. The molecule has 2 fully saturated rings. The highest BCUT2D eigenvalue weighted by Crippen LogP contribution is 2.45. The third-order valence-corrected chi connectivity index (χ3v) is 10.7. The molecule has 1 aromatic heterocycles. The van der Waals surface area contributed by atoms with Gasteiger partial charge >= 0.3 is 0 Å². The summed E-state index contributed by atoms with van der Waals surface area (Å²) in [5.74, 6) is 0.889. The molecule has 234 valence electrons. The fourth-order valence-electron chi connectivity index (χ4n) is 7.81. The topological polar surface area (TPSA) is 50.2 Å². The number of nitrogens with one attached hydrogen (secondary N) is 1. The molecule has 8 rings (SSSR count). The summed E-state index contributed by atoms with van der Waals surface area (Å²) in [7, 11) is 0. The highest BCUT2D eigenvalue weighted by Gasteiger charge is 2.42. The van der Waals surface area contributed by atoms with Crippen molar-refractivity contribution in [3.8, 4) is 11.1 Å². The smallest absolute Gasteiger partial charge is 0.229 e. The Kier molecular flexibility index (Phi) is 7.84. The van der Waals surface area contributed by atoms with Crippen molar-refractivity contribution in [3.05, 3.63) is 154 Å². The van der Waals surface area contributed by atoms with Crippen LogP contribution in [0.1, 0.15) is 29.5 Å². The number of carbonyl (C=O) groups excluding carboxylic acids is 1. The van der Waals surface area contributed by atoms with Crippen molar-refractivity contribution >= 4 is 45.8 Å². The number of rotatable bonds is 7. The van der Waals surface area contributed by atoms with Crippen LogP contribution in [0.3, 0.4) is 0 Å². The molecule has 2 saturated heterocycles. The van der Waals surface area contributed by atoms with Crippen molar-refractivity contribution in [1.82, 2.24) is 14.7 Å². The standard InChI is InChI=1S/C40H34Cl2N4O/c41-34-17-10-18-35(42)37(34)27-19-20-36-33(25-27)38(43-39(47)32-22-24-45-23-21-28(32)26-45)44-46(36)40(29-11-4-1-5-12-29,30-13-6-2-7-14-30)31-15-8-3-9-16-31/h1-20,25,28,32H,21-24,26H2,(H,43,44,47)/t28?,32-/m0/s1. The third-order valence-electron chi connectivity index (χ3n) is 10.0. The Labute approximate surface area is 284 Å². The van der Waals surface area contributed by atoms with Gasteiger partial charge in [-0.25, -0.2) is 4.68 Å². The minimum Gasteiger partial charge on any atom is -0.308 e. The number of aromatic nitrogens is 2. The number of fused-ring (bicyclic) bond motifs is 3. The molecule has 0 aliphatic carbocycles. The number of benzene rings is 5. The van der Waals surface area contributed by atoms with Gasteiger partial charge in [0.15, 0.2) is 5.82 Å². The van der Waals surface area contributed by atoms with Gasteiger partial charge in [0.05, 0.1) is 5.52 Å². The number of halogens is 2. The van der Waals surface area contributed by atoms with E-state index in [9.17, 15) is 4.79 Å². The number of piperidine rings is 1. The molecule has 5 aromatic carbocycles. The second-order valence-corrected chi connectivity index (χ2v) is 13.4. The quantitative estimate of drug-likeness (QED) is 0.174. The number of hydrogen-bond acceptors (Lipinski definition) is 3. The van der Waals surface area contributed by atoms with E-state index in [2.05, 4.69) is 99.8 Å². The summed E-state index contributed by atoms with van der Waals surface area (Å²) >= 11 is 13.4. The van der Waals surface area contributed by atoms with Gasteiger partial charge in [-0.1, -0.05) is 126 Å². The summed E-state index contributed by atoms with van der Waals surface area (Å²) < 4.78 is 2.09. The molecule has 1 amide bonds. The fraction of sp³-hybridized carbons (Fsp3) is 0.200. The first-order valence-electron chi connectivity index (χ1n) is 16.2. The predicted molar refractivity (Wildman–Crippen MR) is 191 cm³/mol. The normalized spacial score (nSPS) is 19.1. The Hall–Kier alpha value is -4.42. The third kappa shape index (κ3) is 5.14. The van der Waals surface area contributed by atoms with E-state index in [0.29, 0.717) is 21.8 Å². The first-order valence-corrected chi connectivity index (χ1v) is 17.0. The van der Waals surface area contributed by atoms with Crippen LogP contribution in [0.25, 0.3) is 22.0 Å². The van der Waals surface area contributed by atoms with Gasteiger partial charge < -0.3 is 10.2 Å². The average molecular weight is 658 g/mol. The molecule has 2 aliphatic heterocycles. The predicted octanol–water partition coefficient (Wildman–Crippen LogP) is 9.13. The summed E-state index contributed by atoms with van der Waals surface area (Å²) in [4.78, 5) is 16.6. The zero-order chi connectivity index (χ0) is 32.0. The van der Waals surface area contributed by atoms with E-state index in [1.807, 2.05) is 42.5 Å². The van der Waals surface area contributed by atoms with Crippen LogP contribution in [-0.4, -0.2) is 40.2 Å². The molecule has 3 heterocycles. The molecule has 0 spiro atoms. The maximum absolute atomic E-state index is 14.1. The fourth-order valence-corrected chi connectivity index (χ4v) is 8.42. The summed E-state index contributed by atoms with van der Waals surface area (Å²) in [5.41, 5.74) is 4.78. The molecule has 2 bridgehead atoms. The Balaban J connectivity index is 1.39. The van der Waals surface area contributed by atoms with E-state index in [-0.39, 0.29) is 11.8 Å². The largest absolute Gasteiger partial charge is 0.308 e. The van der Waals surface area contributed by atoms with Crippen LogP contribution in [0.2, 0.25) is 10.0 Å². The van der Waals surface area contributed by atoms with E-state index in [4.69, 9.17) is 28.3 Å². The Bertz CT molecular complexity index is 1950. The van der Waals surface area contributed by atoms with Gasteiger partial charge in [0.1, 0.15) is 5.54 Å². The van der Waals surface area contributed by atoms with Crippen LogP contribution in [-0.2, 0) is 10.3 Å². The molecule has 47 heavy (non-hydrogen) atoms. The molecule has 5 nitrogen and oxygen atoms in total. The van der Waals surface area contributed by atoms with Gasteiger partial charge in [0, 0.05) is 33.5 Å². The van der Waals surface area contributed by atoms with Crippen molar-refractivity contribution < 1.29 is 4.79 Å². The van der Waals surface area contributed by atoms with Crippen LogP contribution in [0, 0.1) is 11.8 Å². The number of hydrogen-bond donors (Lipinski definition) is 1. The van der Waals surface area contributed by atoms with Crippen LogP contribution in [0.5, 0.6) is 0 Å². The summed E-state index contributed by atoms with van der Waals surface area (Å²) in [6, 6.07) is 43.1. The van der Waals surface area contributed by atoms with E-state index in [1.54, 1.807) is 0 Å². The second kappa shape index (κ2) is 12.3. The number of nitrogens with zero attached hydrogens (tertiary/aromatic N) is 3. The molecule has 0 radical (unpaired) electrons. The van der Waals surface area contributed by atoms with E-state index in [1.165, 1.54) is 0 Å². The van der Waals surface area contributed by atoms with Crippen molar-refractivity contribution in [3.63, 3.8) is 0 Å². The van der Waals surface area contributed by atoms with E-state index < -0.39 is 5.54 Å². The van der Waals surface area contributed by atoms with Gasteiger partial charge in [-0.05, 0) is 78.4 Å². The maximum Gasteiger partial charge on any atom is 0.229 e. The average Bonchev–Trinajstić information content (AvgIpc) is 3.66. The van der Waals surface area contributed by atoms with Crippen LogP contribution in [0.15, 0.2) is 127 Å². The lowest BCUT2D eigenvalue weighted by molar-refractivity contribution is -0.122. The highest BCUT2D eigenvalue weighted by atomic mass is 35.5. The summed E-state index contributed by atoms with van der Waals surface area (Å²) in [5, 5.41) is 10.7. The number of carbonyl (C=O) groups is 1. The zero-order valence-corrected chi connectivity index (χ0v) is 27.3. The van der Waals surface area contributed by atoms with Crippen molar-refractivity contribution in [2.45, 2.75) is 18.4 Å². The minimum atomic E-state index is -0.856. The van der Waals surface area contributed by atoms with Crippen LogP contribution >= 0.6 is 23.2 Å². The van der Waals surface area contributed by atoms with Gasteiger partial charge in [-0.3, -0.25) is 4.79 Å². The van der Waals surface area contributed by atoms with Gasteiger partial charge in [-0.15, -0.1) is 0 Å². The van der Waals surface area contributed by atoms with Gasteiger partial charge in [0.25, 0.3) is 0 Å². The van der Waals surface area contributed by atoms with Crippen LogP contribution < -0.4 is 5.32 Å². The van der Waals surface area contributed by atoms with Gasteiger partial charge in [0.2, 0.25) is 5.91 Å². The van der Waals surface area contributed by atoms with E-state index >= 15 is 0 Å². The van der Waals surface area contributed by atoms with Crippen molar-refractivity contribution in [1.29, 1.82) is 0 Å². The Morgan fingerprint density at radius 3 is 1.89 bits per heavy atom. The Morgan fingerprint density at radius 1 is 0.723 bits per heavy atom. The van der Waals surface area contributed by atoms with Crippen LogP contribution in [0.4, 0.5) is 5.82 Å². The highest BCUT2D eigenvalue weighted by molar-refractivity contribution is 6.39. The summed E-state index contributed by atoms with van der Waals surface area (Å²) in [6.45, 7) is 3.02. The second-order valence-electron chi connectivity index (χ2n) is 12.6. The van der Waals surface area contributed by atoms with Gasteiger partial charge in [-0.2, -0.15) is 5.10 Å². The van der Waals surface area contributed by atoms with Crippen molar-refractivity contribution in [2.24, 2.45) is 11.8 Å². The maximum atomic E-state index is 14.1. The minimum absolute atomic E-state index is 0.0361. The molecular weight excluding hydrogens is 623 g/mol. The number of amides is 1. The Morgan fingerprint density at radius 2 is 1.30 bits per heavy atom. The molecule has 6 aromatic rings. The summed E-state index contributed by atoms with van der Waals surface area (Å²) in [6.07, 6.45) is 1.92. The SMILES string of the molecule is O=C(Nc1nn(C(c2ccccc2)(c2ccccc2)c2ccccc2)c2ccc(-c3c(Cl)cccc3Cl)cc12)[C@H]1CCN2CCC1C2. The molecule has 2 aliphatic rings. The number of anilines is 1. The monoisotopic (exact) mass is 656 g/mol. The molecule has 1 N–H and O–H groups in total. The lowest BCUT2D eigenvalue weighted by Crippen LogP contribution is -2.39. The molecular formula is C40H34Cl2N4O. The first-order chi connectivity index (χ1) is 23.0. The zero-order valence-electron chi connectivity index (χ0n) is 25.8.